The van der Waals surface area contributed by atoms with Gasteiger partial charge < -0.3 is 4.74 Å². The van der Waals surface area contributed by atoms with Crippen molar-refractivity contribution in [3.05, 3.63) is 89.8 Å². The fourth-order valence-electron chi connectivity index (χ4n) is 2.88. The van der Waals surface area contributed by atoms with E-state index in [1.807, 2.05) is 30.3 Å². The molecule has 0 amide bonds. The molecule has 0 bridgehead atoms. The van der Waals surface area contributed by atoms with Crippen LogP contribution in [0.5, 0.6) is 0 Å². The zero-order chi connectivity index (χ0) is 18.0. The topological polar surface area (TPSA) is 26.3 Å². The van der Waals surface area contributed by atoms with Crippen LogP contribution in [0.2, 0.25) is 0 Å². The number of ether oxygens (including phenoxy) is 1. The van der Waals surface area contributed by atoms with Gasteiger partial charge in [0.15, 0.2) is 0 Å². The van der Waals surface area contributed by atoms with E-state index in [1.165, 1.54) is 12.1 Å². The molecular formula is C22H19FO2. The summed E-state index contributed by atoms with van der Waals surface area (Å²) in [4.78, 5) is 12.8. The Labute approximate surface area is 146 Å². The van der Waals surface area contributed by atoms with Gasteiger partial charge in [-0.25, -0.2) is 9.18 Å². The molecule has 0 aliphatic rings. The molecule has 0 aromatic heterocycles. The zero-order valence-electron chi connectivity index (χ0n) is 14.3. The molecule has 0 saturated heterocycles. The van der Waals surface area contributed by atoms with Crippen molar-refractivity contribution in [1.82, 2.24) is 0 Å². The number of benzene rings is 3. The molecule has 0 atom stereocenters. The number of rotatable bonds is 4. The van der Waals surface area contributed by atoms with Gasteiger partial charge in [0, 0.05) is 0 Å². The third-order valence-corrected chi connectivity index (χ3v) is 4.28. The quantitative estimate of drug-likeness (QED) is 0.571. The molecule has 3 rings (SSSR count). The predicted octanol–water partition coefficient (Wildman–Crippen LogP) is 5.71. The molecule has 0 aliphatic heterocycles. The first-order chi connectivity index (χ1) is 11.9. The number of halogens is 1. The van der Waals surface area contributed by atoms with Gasteiger partial charge in [-0.1, -0.05) is 55.1 Å². The summed E-state index contributed by atoms with van der Waals surface area (Å²) >= 11 is 0. The van der Waals surface area contributed by atoms with Crippen LogP contribution in [0.4, 0.5) is 4.39 Å². The number of esters is 1. The smallest absolute Gasteiger partial charge is 0.339 e. The minimum Gasteiger partial charge on any atom is -0.451 e. The van der Waals surface area contributed by atoms with Crippen LogP contribution in [-0.2, 0) is 10.3 Å². The van der Waals surface area contributed by atoms with Gasteiger partial charge in [-0.2, -0.15) is 0 Å². The van der Waals surface area contributed by atoms with Crippen LogP contribution >= 0.6 is 0 Å². The largest absolute Gasteiger partial charge is 0.451 e. The third kappa shape index (κ3) is 3.31. The maximum absolute atomic E-state index is 13.1. The van der Waals surface area contributed by atoms with Gasteiger partial charge in [-0.05, 0) is 53.9 Å². The summed E-state index contributed by atoms with van der Waals surface area (Å²) in [7, 11) is 0. The molecule has 3 aromatic rings. The van der Waals surface area contributed by atoms with Crippen LogP contribution in [0.15, 0.2) is 67.2 Å². The van der Waals surface area contributed by atoms with Crippen molar-refractivity contribution in [3.8, 4) is 0 Å². The van der Waals surface area contributed by atoms with Gasteiger partial charge in [0.05, 0.1) is 5.56 Å². The lowest BCUT2D eigenvalue weighted by Crippen LogP contribution is -2.25. The SMILES string of the molecule is C=Cc1ccc(C(=O)OC(C)(C)c2ccc(F)cc2)c2ccccc12. The second-order valence-electron chi connectivity index (χ2n) is 6.36. The van der Waals surface area contributed by atoms with E-state index in [4.69, 9.17) is 4.74 Å². The Morgan fingerprint density at radius 2 is 1.64 bits per heavy atom. The Morgan fingerprint density at radius 1 is 1.00 bits per heavy atom. The number of hydrogen-bond donors (Lipinski definition) is 0. The van der Waals surface area contributed by atoms with Gasteiger partial charge in [-0.3, -0.25) is 0 Å². The van der Waals surface area contributed by atoms with Crippen molar-refractivity contribution in [1.29, 1.82) is 0 Å². The van der Waals surface area contributed by atoms with E-state index in [-0.39, 0.29) is 5.82 Å². The van der Waals surface area contributed by atoms with Crippen molar-refractivity contribution in [3.63, 3.8) is 0 Å². The van der Waals surface area contributed by atoms with Gasteiger partial charge in [0.2, 0.25) is 0 Å². The maximum Gasteiger partial charge on any atom is 0.339 e. The van der Waals surface area contributed by atoms with Gasteiger partial charge in [0.1, 0.15) is 11.4 Å². The van der Waals surface area contributed by atoms with Gasteiger partial charge in [0.25, 0.3) is 0 Å². The average Bonchev–Trinajstić information content (AvgIpc) is 2.60. The third-order valence-electron chi connectivity index (χ3n) is 4.28. The number of carbonyl (C=O) groups excluding carboxylic acids is 1. The summed E-state index contributed by atoms with van der Waals surface area (Å²) < 4.78 is 18.9. The average molecular weight is 334 g/mol. The molecule has 0 fully saturated rings. The van der Waals surface area contributed by atoms with Crippen LogP contribution in [0.1, 0.15) is 35.3 Å². The molecule has 0 heterocycles. The molecule has 0 radical (unpaired) electrons. The molecule has 3 aromatic carbocycles. The van der Waals surface area contributed by atoms with E-state index in [0.717, 1.165) is 21.9 Å². The van der Waals surface area contributed by atoms with Crippen LogP contribution in [0.3, 0.4) is 0 Å². The Balaban J connectivity index is 1.97. The summed E-state index contributed by atoms with van der Waals surface area (Å²) in [5.41, 5.74) is 1.32. The van der Waals surface area contributed by atoms with Crippen LogP contribution < -0.4 is 0 Å². The minimum absolute atomic E-state index is 0.322. The number of carbonyl (C=O) groups is 1. The molecule has 0 spiro atoms. The highest BCUT2D eigenvalue weighted by molar-refractivity contribution is 6.06. The molecule has 2 nitrogen and oxygen atoms in total. The van der Waals surface area contributed by atoms with E-state index >= 15 is 0 Å². The molecule has 0 unspecified atom stereocenters. The monoisotopic (exact) mass is 334 g/mol. The highest BCUT2D eigenvalue weighted by Crippen LogP contribution is 2.29. The lowest BCUT2D eigenvalue weighted by atomic mass is 9.97. The summed E-state index contributed by atoms with van der Waals surface area (Å²) in [6, 6.07) is 17.2. The summed E-state index contributed by atoms with van der Waals surface area (Å²) in [5, 5.41) is 1.77. The molecule has 0 saturated carbocycles. The standard InChI is InChI=1S/C22H19FO2/c1-4-15-9-14-20(19-8-6-5-7-18(15)19)21(24)25-22(2,3)16-10-12-17(23)13-11-16/h4-14H,1H2,2-3H3. The van der Waals surface area contributed by atoms with E-state index in [1.54, 1.807) is 38.1 Å². The molecule has 126 valence electrons. The fourth-order valence-corrected chi connectivity index (χ4v) is 2.88. The Kier molecular flexibility index (Phi) is 4.41. The van der Waals surface area contributed by atoms with E-state index in [2.05, 4.69) is 6.58 Å². The number of hydrogen-bond acceptors (Lipinski definition) is 2. The Morgan fingerprint density at radius 3 is 2.28 bits per heavy atom. The highest BCUT2D eigenvalue weighted by atomic mass is 19.1. The van der Waals surface area contributed by atoms with Crippen molar-refractivity contribution < 1.29 is 13.9 Å². The van der Waals surface area contributed by atoms with E-state index in [9.17, 15) is 9.18 Å². The highest BCUT2D eigenvalue weighted by Gasteiger charge is 2.27. The first-order valence-electron chi connectivity index (χ1n) is 8.06. The van der Waals surface area contributed by atoms with Gasteiger partial charge >= 0.3 is 5.97 Å². The first kappa shape index (κ1) is 16.9. The van der Waals surface area contributed by atoms with Gasteiger partial charge in [-0.15, -0.1) is 0 Å². The lowest BCUT2D eigenvalue weighted by Gasteiger charge is -2.26. The second kappa shape index (κ2) is 6.52. The minimum atomic E-state index is -0.872. The summed E-state index contributed by atoms with van der Waals surface area (Å²) in [6.07, 6.45) is 1.76. The summed E-state index contributed by atoms with van der Waals surface area (Å²) in [5.74, 6) is -0.738. The maximum atomic E-state index is 13.1. The first-order valence-corrected chi connectivity index (χ1v) is 8.06. The van der Waals surface area contributed by atoms with Crippen molar-refractivity contribution in [2.75, 3.05) is 0 Å². The fraction of sp³-hybridized carbons (Fsp3) is 0.136. The second-order valence-corrected chi connectivity index (χ2v) is 6.36. The predicted molar refractivity (Wildman–Crippen MR) is 98.9 cm³/mol. The lowest BCUT2D eigenvalue weighted by molar-refractivity contribution is -0.00291. The molecule has 0 aliphatic carbocycles. The van der Waals surface area contributed by atoms with Crippen molar-refractivity contribution >= 4 is 22.8 Å². The van der Waals surface area contributed by atoms with E-state index in [0.29, 0.717) is 5.56 Å². The Hall–Kier alpha value is -2.94. The van der Waals surface area contributed by atoms with Crippen LogP contribution in [-0.4, -0.2) is 5.97 Å². The van der Waals surface area contributed by atoms with E-state index < -0.39 is 11.6 Å². The Bertz CT molecular complexity index is 940. The molecular weight excluding hydrogens is 315 g/mol. The van der Waals surface area contributed by atoms with Crippen LogP contribution in [0, 0.1) is 5.82 Å². The van der Waals surface area contributed by atoms with Crippen molar-refractivity contribution in [2.24, 2.45) is 0 Å². The van der Waals surface area contributed by atoms with Crippen molar-refractivity contribution in [2.45, 2.75) is 19.4 Å². The summed E-state index contributed by atoms with van der Waals surface area (Å²) in [6.45, 7) is 7.40. The molecule has 0 N–H and O–H groups in total. The number of fused-ring (bicyclic) bond motifs is 1. The normalized spacial score (nSPS) is 11.3. The zero-order valence-corrected chi connectivity index (χ0v) is 14.3. The van der Waals surface area contributed by atoms with Crippen LogP contribution in [0.25, 0.3) is 16.8 Å². The molecule has 3 heteroatoms. The molecule has 25 heavy (non-hydrogen) atoms.